The average molecular weight is 195 g/mol. The zero-order chi connectivity index (χ0) is 10.2. The van der Waals surface area contributed by atoms with Gasteiger partial charge in [-0.25, -0.2) is 0 Å². The molecule has 1 amide bonds. The summed E-state index contributed by atoms with van der Waals surface area (Å²) >= 11 is 0. The second-order valence-corrected chi connectivity index (χ2v) is 4.54. The lowest BCUT2D eigenvalue weighted by atomic mass is 9.68. The van der Waals surface area contributed by atoms with Crippen molar-refractivity contribution < 1.29 is 9.59 Å². The summed E-state index contributed by atoms with van der Waals surface area (Å²) in [6, 6.07) is 0. The highest BCUT2D eigenvalue weighted by molar-refractivity contribution is 6.07. The molecular weight excluding hydrogens is 178 g/mol. The van der Waals surface area contributed by atoms with Crippen LogP contribution >= 0.6 is 0 Å². The van der Waals surface area contributed by atoms with E-state index < -0.39 is 5.41 Å². The summed E-state index contributed by atoms with van der Waals surface area (Å²) < 4.78 is 0. The standard InChI is InChI=1S/C11H17NO2/c1-12-8-5-9(13)11(10(12)14)6-3-2-4-7-11/h2-8H2,1H3. The highest BCUT2D eigenvalue weighted by Gasteiger charge is 2.49. The second kappa shape index (κ2) is 3.37. The van der Waals surface area contributed by atoms with E-state index in [2.05, 4.69) is 0 Å². The molecule has 2 rings (SSSR count). The summed E-state index contributed by atoms with van der Waals surface area (Å²) in [5, 5.41) is 0. The summed E-state index contributed by atoms with van der Waals surface area (Å²) in [5.41, 5.74) is -0.606. The molecule has 0 radical (unpaired) electrons. The molecule has 3 heteroatoms. The summed E-state index contributed by atoms with van der Waals surface area (Å²) in [6.07, 6.45) is 5.37. The highest BCUT2D eigenvalue weighted by Crippen LogP contribution is 2.41. The van der Waals surface area contributed by atoms with Crippen molar-refractivity contribution >= 4 is 11.7 Å². The third-order valence-corrected chi connectivity index (χ3v) is 3.67. The number of piperidine rings is 1. The first-order chi connectivity index (χ1) is 6.67. The molecule has 78 valence electrons. The molecule has 1 spiro atoms. The van der Waals surface area contributed by atoms with Gasteiger partial charge in [-0.05, 0) is 12.8 Å². The summed E-state index contributed by atoms with van der Waals surface area (Å²) in [7, 11) is 1.81. The van der Waals surface area contributed by atoms with E-state index in [4.69, 9.17) is 0 Å². The number of carbonyl (C=O) groups excluding carboxylic acids is 2. The fourth-order valence-corrected chi connectivity index (χ4v) is 2.74. The van der Waals surface area contributed by atoms with Crippen LogP contribution in [0.15, 0.2) is 0 Å². The molecule has 2 aliphatic rings. The van der Waals surface area contributed by atoms with Gasteiger partial charge in [0.25, 0.3) is 0 Å². The third-order valence-electron chi connectivity index (χ3n) is 3.67. The highest BCUT2D eigenvalue weighted by atomic mass is 16.2. The molecule has 0 unspecified atom stereocenters. The third kappa shape index (κ3) is 1.26. The zero-order valence-electron chi connectivity index (χ0n) is 8.71. The lowest BCUT2D eigenvalue weighted by molar-refractivity contribution is -0.156. The van der Waals surface area contributed by atoms with Crippen molar-refractivity contribution in [1.82, 2.24) is 4.90 Å². The molecule has 0 aromatic rings. The van der Waals surface area contributed by atoms with Crippen molar-refractivity contribution in [3.63, 3.8) is 0 Å². The molecule has 0 N–H and O–H groups in total. The fraction of sp³-hybridized carbons (Fsp3) is 0.818. The van der Waals surface area contributed by atoms with E-state index in [9.17, 15) is 9.59 Å². The number of carbonyl (C=O) groups is 2. The molecule has 1 saturated heterocycles. The number of ketones is 1. The van der Waals surface area contributed by atoms with Crippen LogP contribution in [0.3, 0.4) is 0 Å². The topological polar surface area (TPSA) is 37.4 Å². The van der Waals surface area contributed by atoms with Crippen LogP contribution in [0, 0.1) is 5.41 Å². The van der Waals surface area contributed by atoms with E-state index in [1.54, 1.807) is 4.90 Å². The SMILES string of the molecule is CN1CCC(=O)C2(CCCCC2)C1=O. The lowest BCUT2D eigenvalue weighted by Crippen LogP contribution is -2.53. The van der Waals surface area contributed by atoms with Gasteiger partial charge in [0.05, 0.1) is 0 Å². The normalized spacial score (nSPS) is 27.1. The number of hydrogen-bond donors (Lipinski definition) is 0. The summed E-state index contributed by atoms with van der Waals surface area (Å²) in [6.45, 7) is 0.611. The van der Waals surface area contributed by atoms with Gasteiger partial charge >= 0.3 is 0 Å². The Hall–Kier alpha value is -0.860. The van der Waals surface area contributed by atoms with E-state index in [0.29, 0.717) is 13.0 Å². The molecule has 0 aromatic carbocycles. The van der Waals surface area contributed by atoms with Crippen LogP contribution in [0.1, 0.15) is 38.5 Å². The van der Waals surface area contributed by atoms with Crippen LogP contribution in [-0.2, 0) is 9.59 Å². The number of likely N-dealkylation sites (tertiary alicyclic amines) is 1. The van der Waals surface area contributed by atoms with Crippen LogP contribution in [0.2, 0.25) is 0 Å². The minimum absolute atomic E-state index is 0.0773. The molecule has 1 aliphatic carbocycles. The Labute approximate surface area is 84.5 Å². The molecule has 0 aromatic heterocycles. The van der Waals surface area contributed by atoms with Crippen LogP contribution < -0.4 is 0 Å². The zero-order valence-corrected chi connectivity index (χ0v) is 8.71. The average Bonchev–Trinajstić information content (AvgIpc) is 2.23. The van der Waals surface area contributed by atoms with Crippen molar-refractivity contribution in [1.29, 1.82) is 0 Å². The van der Waals surface area contributed by atoms with Crippen LogP contribution in [-0.4, -0.2) is 30.2 Å². The lowest BCUT2D eigenvalue weighted by Gasteiger charge is -2.41. The number of hydrogen-bond acceptors (Lipinski definition) is 2. The minimum Gasteiger partial charge on any atom is -0.344 e. The van der Waals surface area contributed by atoms with Crippen molar-refractivity contribution in [2.24, 2.45) is 5.41 Å². The maximum Gasteiger partial charge on any atom is 0.236 e. The Morgan fingerprint density at radius 3 is 2.43 bits per heavy atom. The molecule has 3 nitrogen and oxygen atoms in total. The monoisotopic (exact) mass is 195 g/mol. The summed E-state index contributed by atoms with van der Waals surface area (Å²) in [4.78, 5) is 25.6. The Morgan fingerprint density at radius 1 is 1.14 bits per heavy atom. The number of amides is 1. The van der Waals surface area contributed by atoms with Crippen molar-refractivity contribution in [2.75, 3.05) is 13.6 Å². The number of Topliss-reactive ketones (excluding diaryl/α,β-unsaturated/α-hetero) is 1. The van der Waals surface area contributed by atoms with Gasteiger partial charge < -0.3 is 4.90 Å². The van der Waals surface area contributed by atoms with Crippen LogP contribution in [0.5, 0.6) is 0 Å². The minimum atomic E-state index is -0.606. The van der Waals surface area contributed by atoms with E-state index in [1.165, 1.54) is 6.42 Å². The maximum absolute atomic E-state index is 12.0. The molecular formula is C11H17NO2. The molecule has 2 fully saturated rings. The van der Waals surface area contributed by atoms with E-state index in [0.717, 1.165) is 25.7 Å². The van der Waals surface area contributed by atoms with Gasteiger partial charge in [-0.2, -0.15) is 0 Å². The first kappa shape index (κ1) is 9.69. The number of rotatable bonds is 0. The predicted octanol–water partition coefficient (Wildman–Crippen LogP) is 1.37. The van der Waals surface area contributed by atoms with Gasteiger partial charge in [0.1, 0.15) is 11.2 Å². The Balaban J connectivity index is 2.27. The predicted molar refractivity (Wildman–Crippen MR) is 52.8 cm³/mol. The molecule has 1 saturated carbocycles. The molecule has 0 bridgehead atoms. The van der Waals surface area contributed by atoms with E-state index in [1.807, 2.05) is 7.05 Å². The van der Waals surface area contributed by atoms with Crippen molar-refractivity contribution in [2.45, 2.75) is 38.5 Å². The van der Waals surface area contributed by atoms with Gasteiger partial charge in [0.15, 0.2) is 0 Å². The van der Waals surface area contributed by atoms with E-state index >= 15 is 0 Å². The van der Waals surface area contributed by atoms with Crippen molar-refractivity contribution in [3.8, 4) is 0 Å². The first-order valence-corrected chi connectivity index (χ1v) is 5.46. The quantitative estimate of drug-likeness (QED) is 0.547. The summed E-state index contributed by atoms with van der Waals surface area (Å²) in [5.74, 6) is 0.272. The fourth-order valence-electron chi connectivity index (χ4n) is 2.74. The maximum atomic E-state index is 12.0. The molecule has 0 atom stereocenters. The van der Waals surface area contributed by atoms with Gasteiger partial charge in [-0.3, -0.25) is 9.59 Å². The molecule has 1 heterocycles. The smallest absolute Gasteiger partial charge is 0.236 e. The van der Waals surface area contributed by atoms with Gasteiger partial charge in [0.2, 0.25) is 5.91 Å². The first-order valence-electron chi connectivity index (χ1n) is 5.46. The number of nitrogens with zero attached hydrogens (tertiary/aromatic N) is 1. The largest absolute Gasteiger partial charge is 0.344 e. The van der Waals surface area contributed by atoms with Gasteiger partial charge in [-0.1, -0.05) is 19.3 Å². The molecule has 14 heavy (non-hydrogen) atoms. The van der Waals surface area contributed by atoms with Gasteiger partial charge in [-0.15, -0.1) is 0 Å². The van der Waals surface area contributed by atoms with Crippen LogP contribution in [0.25, 0.3) is 0 Å². The van der Waals surface area contributed by atoms with Crippen molar-refractivity contribution in [3.05, 3.63) is 0 Å². The molecule has 1 aliphatic heterocycles. The Bertz CT molecular complexity index is 266. The second-order valence-electron chi connectivity index (χ2n) is 4.54. The van der Waals surface area contributed by atoms with Crippen LogP contribution in [0.4, 0.5) is 0 Å². The van der Waals surface area contributed by atoms with E-state index in [-0.39, 0.29) is 11.7 Å². The Morgan fingerprint density at radius 2 is 1.79 bits per heavy atom. The van der Waals surface area contributed by atoms with Gasteiger partial charge in [0, 0.05) is 20.0 Å². The Kier molecular flexibility index (Phi) is 2.33.